The van der Waals surface area contributed by atoms with Gasteiger partial charge in [-0.05, 0) is 81.5 Å². The van der Waals surface area contributed by atoms with Gasteiger partial charge in [0.1, 0.15) is 17.9 Å². The Bertz CT molecular complexity index is 1760. The fraction of sp³-hybridized carbons (Fsp3) is 0.364. The Morgan fingerprint density at radius 2 is 1.72 bits per heavy atom. The van der Waals surface area contributed by atoms with Crippen LogP contribution in [-0.2, 0) is 9.53 Å². The molecule has 4 rings (SSSR count). The molecule has 2 aromatic rings. The topological polar surface area (TPSA) is 73.7 Å². The zero-order valence-electron chi connectivity index (χ0n) is 27.6. The maximum Gasteiger partial charge on any atom is 0.305 e. The number of hydrogen-bond donors (Lipinski definition) is 1. The van der Waals surface area contributed by atoms with Gasteiger partial charge in [0.15, 0.2) is 0 Å². The minimum Gasteiger partial charge on any atom is -0.469 e. The molecule has 0 spiro atoms. The summed E-state index contributed by atoms with van der Waals surface area (Å²) in [7, 11) is 2.98. The minimum atomic E-state index is -0.498. The molecule has 6 nitrogen and oxygen atoms in total. The number of methoxy groups -OCH3 is 1. The van der Waals surface area contributed by atoms with Crippen LogP contribution in [0, 0.1) is 20.8 Å². The first-order valence-corrected chi connectivity index (χ1v) is 13.4. The normalized spacial score (nSPS) is 13.2. The van der Waals surface area contributed by atoms with Crippen molar-refractivity contribution in [3.05, 3.63) is 76.0 Å². The zero-order chi connectivity index (χ0) is 31.6. The van der Waals surface area contributed by atoms with Crippen LogP contribution in [0.3, 0.4) is 0 Å². The van der Waals surface area contributed by atoms with Crippen molar-refractivity contribution in [3.63, 3.8) is 0 Å². The molecule has 6 heteroatoms. The Labute approximate surface area is 236 Å². The van der Waals surface area contributed by atoms with E-state index in [9.17, 15) is 9.59 Å². The lowest BCUT2D eigenvalue weighted by Gasteiger charge is -2.22. The summed E-state index contributed by atoms with van der Waals surface area (Å²) >= 11 is 0. The lowest BCUT2D eigenvalue weighted by molar-refractivity contribution is -0.496. The maximum atomic E-state index is 14.1. The van der Waals surface area contributed by atoms with Crippen molar-refractivity contribution >= 4 is 22.8 Å². The van der Waals surface area contributed by atoms with Gasteiger partial charge in [-0.1, -0.05) is 24.5 Å². The van der Waals surface area contributed by atoms with E-state index >= 15 is 0 Å². The van der Waals surface area contributed by atoms with E-state index in [0.29, 0.717) is 66.6 Å². The van der Waals surface area contributed by atoms with E-state index in [4.69, 9.17) is 9.90 Å². The number of fused-ring (bicyclic) bond motifs is 2. The van der Waals surface area contributed by atoms with Gasteiger partial charge in [-0.2, -0.15) is 0 Å². The molecule has 0 saturated heterocycles. The molecule has 2 aromatic carbocycles. The molecule has 2 aliphatic rings. The van der Waals surface area contributed by atoms with Crippen molar-refractivity contribution < 1.29 is 29.2 Å². The Morgan fingerprint density at radius 3 is 2.46 bits per heavy atom. The molecule has 0 bridgehead atoms. The maximum absolute atomic E-state index is 14.1. The SMILES string of the molecule is [2H]c1c([2H])c([2H])c(-c2c3cc(C)c(=[NH+]CC)cc-3oc3cc(C)c(C)cc23)c(C(=O)N(C)CCCCCC(=O)OC)c1[2H]. The molecule has 39 heavy (non-hydrogen) atoms. The Morgan fingerprint density at radius 1 is 0.974 bits per heavy atom. The van der Waals surface area contributed by atoms with Gasteiger partial charge in [0.2, 0.25) is 5.36 Å². The average Bonchev–Trinajstić information content (AvgIpc) is 2.98. The summed E-state index contributed by atoms with van der Waals surface area (Å²) in [5.41, 5.74) is 4.75. The van der Waals surface area contributed by atoms with Crippen LogP contribution in [0.1, 0.15) is 65.1 Å². The van der Waals surface area contributed by atoms with Gasteiger partial charge in [-0.25, -0.2) is 4.99 Å². The molecule has 204 valence electrons. The van der Waals surface area contributed by atoms with Gasteiger partial charge in [0, 0.05) is 47.7 Å². The molecule has 1 aliphatic heterocycles. The van der Waals surface area contributed by atoms with E-state index < -0.39 is 18.0 Å². The highest BCUT2D eigenvalue weighted by atomic mass is 16.5. The molecule has 0 fully saturated rings. The number of carbonyl (C=O) groups is 2. The zero-order valence-corrected chi connectivity index (χ0v) is 23.6. The van der Waals surface area contributed by atoms with Crippen molar-refractivity contribution in [2.24, 2.45) is 0 Å². The molecule has 0 saturated carbocycles. The second kappa shape index (κ2) is 12.3. The summed E-state index contributed by atoms with van der Waals surface area (Å²) in [5.74, 6) is -0.236. The number of benzene rings is 3. The second-order valence-electron chi connectivity index (χ2n) is 9.97. The largest absolute Gasteiger partial charge is 0.469 e. The second-order valence-corrected chi connectivity index (χ2v) is 9.97. The van der Waals surface area contributed by atoms with Crippen molar-refractivity contribution in [1.29, 1.82) is 0 Å². The summed E-state index contributed by atoms with van der Waals surface area (Å²) in [4.78, 5) is 30.3. The fourth-order valence-corrected chi connectivity index (χ4v) is 4.80. The molecule has 1 N–H and O–H groups in total. The van der Waals surface area contributed by atoms with Crippen LogP contribution in [-0.4, -0.2) is 44.0 Å². The third-order valence-corrected chi connectivity index (χ3v) is 7.15. The van der Waals surface area contributed by atoms with Crippen molar-refractivity contribution in [1.82, 2.24) is 4.90 Å². The number of aryl methyl sites for hydroxylation is 3. The molecule has 1 aliphatic carbocycles. The number of unbranched alkanes of at least 4 members (excludes halogenated alkanes) is 2. The summed E-state index contributed by atoms with van der Waals surface area (Å²) in [5, 5.41) is 1.56. The number of rotatable bonds is 9. The van der Waals surface area contributed by atoms with Crippen LogP contribution in [0.5, 0.6) is 0 Å². The van der Waals surface area contributed by atoms with Gasteiger partial charge in [-0.3, -0.25) is 9.59 Å². The first-order valence-electron chi connectivity index (χ1n) is 15.4. The molecular formula is C33H39N2O4+. The summed E-state index contributed by atoms with van der Waals surface area (Å²) < 4.78 is 46.0. The summed E-state index contributed by atoms with van der Waals surface area (Å²) in [6.07, 6.45) is 2.26. The van der Waals surface area contributed by atoms with Crippen LogP contribution >= 0.6 is 0 Å². The van der Waals surface area contributed by atoms with E-state index in [1.54, 1.807) is 7.05 Å². The van der Waals surface area contributed by atoms with E-state index in [1.807, 2.05) is 52.0 Å². The molecule has 0 unspecified atom stereocenters. The van der Waals surface area contributed by atoms with Crippen LogP contribution in [0.15, 0.2) is 52.9 Å². The van der Waals surface area contributed by atoms with Crippen molar-refractivity contribution in [2.45, 2.75) is 53.4 Å². The van der Waals surface area contributed by atoms with Crippen LogP contribution in [0.2, 0.25) is 0 Å². The monoisotopic (exact) mass is 531 g/mol. The standard InChI is InChI=1S/C33H38N2O4/c1-7-34-28-20-30-27(18-23(28)4)32(26-17-21(2)22(3)19-29(26)39-30)24-13-10-11-14-25(24)33(37)35(5)16-12-8-9-15-31(36)38-6/h10-11,13-14,17-20H,7-9,12,15-16H2,1-6H3/p+1/i10D,11D,13D,14D. The Hall–Kier alpha value is -3.93. The molecule has 1 amide bonds. The highest BCUT2D eigenvalue weighted by molar-refractivity contribution is 6.09. The van der Waals surface area contributed by atoms with Crippen molar-refractivity contribution in [3.8, 4) is 22.5 Å². The molecule has 0 atom stereocenters. The lowest BCUT2D eigenvalue weighted by Crippen LogP contribution is -2.76. The fourth-order valence-electron chi connectivity index (χ4n) is 4.80. The third-order valence-electron chi connectivity index (χ3n) is 7.15. The number of amides is 1. The number of nitrogens with zero attached hydrogens (tertiary/aromatic N) is 1. The highest BCUT2D eigenvalue weighted by Gasteiger charge is 2.24. The van der Waals surface area contributed by atoms with Gasteiger partial charge in [0.05, 0.1) is 18.7 Å². The van der Waals surface area contributed by atoms with Crippen LogP contribution in [0.25, 0.3) is 33.4 Å². The highest BCUT2D eigenvalue weighted by Crippen LogP contribution is 2.42. The van der Waals surface area contributed by atoms with Crippen LogP contribution < -0.4 is 10.3 Å². The van der Waals surface area contributed by atoms with Gasteiger partial charge in [0.25, 0.3) is 5.91 Å². The predicted octanol–water partition coefficient (Wildman–Crippen LogP) is 4.94. The van der Waals surface area contributed by atoms with Crippen LogP contribution in [0.4, 0.5) is 0 Å². The van der Waals surface area contributed by atoms with E-state index in [0.717, 1.165) is 22.0 Å². The summed E-state index contributed by atoms with van der Waals surface area (Å²) in [6.45, 7) is 9.00. The first kappa shape index (κ1) is 23.0. The molecule has 0 radical (unpaired) electrons. The third kappa shape index (κ3) is 6.06. The number of carbonyl (C=O) groups excluding carboxylic acids is 2. The molecular weight excluding hydrogens is 488 g/mol. The van der Waals surface area contributed by atoms with Gasteiger partial charge in [-0.15, -0.1) is 0 Å². The number of ether oxygens (including phenoxy) is 1. The predicted molar refractivity (Wildman–Crippen MR) is 155 cm³/mol. The Balaban J connectivity index is 1.97. The molecule has 1 heterocycles. The Kier molecular flexibility index (Phi) is 7.25. The number of nitrogens with one attached hydrogen (secondary N) is 1. The smallest absolute Gasteiger partial charge is 0.305 e. The van der Waals surface area contributed by atoms with E-state index in [-0.39, 0.29) is 29.2 Å². The van der Waals surface area contributed by atoms with Gasteiger partial charge >= 0.3 is 5.97 Å². The summed E-state index contributed by atoms with van der Waals surface area (Å²) in [6, 6.07) is 6.19. The first-order chi connectivity index (χ1) is 20.4. The molecule has 0 aromatic heterocycles. The minimum absolute atomic E-state index is 0.0801. The average molecular weight is 532 g/mol. The quantitative estimate of drug-likeness (QED) is 0.189. The van der Waals surface area contributed by atoms with E-state index in [1.165, 1.54) is 12.0 Å². The van der Waals surface area contributed by atoms with E-state index in [2.05, 4.69) is 9.73 Å². The number of hydrogen-bond acceptors (Lipinski definition) is 4. The van der Waals surface area contributed by atoms with Crippen molar-refractivity contribution in [2.75, 3.05) is 27.2 Å². The van der Waals surface area contributed by atoms with Gasteiger partial charge < -0.3 is 14.1 Å². The lowest BCUT2D eigenvalue weighted by atomic mass is 9.88. The number of esters is 1.